The van der Waals surface area contributed by atoms with Crippen LogP contribution in [0.15, 0.2) is 46.0 Å². The van der Waals surface area contributed by atoms with Crippen LogP contribution in [0, 0.1) is 11.3 Å². The van der Waals surface area contributed by atoms with E-state index < -0.39 is 10.0 Å². The molecule has 0 fully saturated rings. The van der Waals surface area contributed by atoms with Crippen molar-refractivity contribution in [3.05, 3.63) is 51.7 Å². The number of nitriles is 1. The fraction of sp³-hybridized carbons (Fsp3) is 0. The number of pyridine rings is 1. The Bertz CT molecular complexity index is 803. The Morgan fingerprint density at radius 1 is 1.35 bits per heavy atom. The summed E-state index contributed by atoms with van der Waals surface area (Å²) in [6.07, 6.45) is 2.68. The summed E-state index contributed by atoms with van der Waals surface area (Å²) in [4.78, 5) is 3.75. The summed E-state index contributed by atoms with van der Waals surface area (Å²) in [6, 6.07) is 7.78. The Morgan fingerprint density at radius 2 is 2.10 bits per heavy atom. The summed E-state index contributed by atoms with van der Waals surface area (Å²) in [5, 5.41) is 9.21. The SMILES string of the molecule is N#Cc1cnccc1NS(=O)(=O)c1cccc(Cl)c1Br. The van der Waals surface area contributed by atoms with Crippen LogP contribution >= 0.6 is 27.5 Å². The Balaban J connectivity index is 2.47. The molecule has 0 saturated heterocycles. The van der Waals surface area contributed by atoms with Crippen LogP contribution in [0.4, 0.5) is 5.69 Å². The standard InChI is InChI=1S/C12H7BrClN3O2S/c13-12-9(14)2-1-3-11(12)20(18,19)17-10-4-5-16-7-8(10)6-15/h1-5,7H,(H,16,17). The predicted octanol–water partition coefficient (Wildman–Crippen LogP) is 3.17. The highest BCUT2D eigenvalue weighted by atomic mass is 79.9. The number of nitrogens with one attached hydrogen (secondary N) is 1. The van der Waals surface area contributed by atoms with E-state index in [9.17, 15) is 8.42 Å². The molecule has 0 saturated carbocycles. The Labute approximate surface area is 129 Å². The van der Waals surface area contributed by atoms with E-state index in [4.69, 9.17) is 16.9 Å². The number of aromatic nitrogens is 1. The molecule has 0 aliphatic rings. The van der Waals surface area contributed by atoms with Crippen LogP contribution in [0.25, 0.3) is 0 Å². The first kappa shape index (κ1) is 14.8. The maximum Gasteiger partial charge on any atom is 0.263 e. The molecule has 1 aromatic heterocycles. The first-order chi connectivity index (χ1) is 9.45. The third kappa shape index (κ3) is 2.93. The molecule has 2 aromatic rings. The number of nitrogens with zero attached hydrogens (tertiary/aromatic N) is 2. The van der Waals surface area contributed by atoms with Gasteiger partial charge in [0.1, 0.15) is 11.0 Å². The highest BCUT2D eigenvalue weighted by Gasteiger charge is 2.20. The van der Waals surface area contributed by atoms with Crippen LogP contribution in [-0.2, 0) is 10.0 Å². The topological polar surface area (TPSA) is 82.8 Å². The Hall–Kier alpha value is -1.62. The van der Waals surface area contributed by atoms with Gasteiger partial charge < -0.3 is 0 Å². The number of hydrogen-bond donors (Lipinski definition) is 1. The summed E-state index contributed by atoms with van der Waals surface area (Å²) < 4.78 is 27.2. The normalized spacial score (nSPS) is 10.8. The number of anilines is 1. The maximum absolute atomic E-state index is 12.3. The molecule has 0 radical (unpaired) electrons. The van der Waals surface area contributed by atoms with Crippen molar-refractivity contribution < 1.29 is 8.42 Å². The first-order valence-electron chi connectivity index (χ1n) is 5.26. The lowest BCUT2D eigenvalue weighted by Gasteiger charge is -2.11. The molecule has 0 spiro atoms. The molecular formula is C12H7BrClN3O2S. The maximum atomic E-state index is 12.3. The van der Waals surface area contributed by atoms with Crippen LogP contribution in [0.2, 0.25) is 5.02 Å². The fourth-order valence-corrected chi connectivity index (χ4v) is 3.78. The van der Waals surface area contributed by atoms with E-state index in [-0.39, 0.29) is 25.6 Å². The van der Waals surface area contributed by atoms with E-state index in [1.54, 1.807) is 6.07 Å². The lowest BCUT2D eigenvalue weighted by molar-refractivity contribution is 0.600. The average molecular weight is 373 g/mol. The molecule has 0 aliphatic carbocycles. The lowest BCUT2D eigenvalue weighted by atomic mass is 10.3. The minimum absolute atomic E-state index is 0.00861. The zero-order valence-electron chi connectivity index (χ0n) is 9.84. The van der Waals surface area contributed by atoms with Gasteiger partial charge in [0.15, 0.2) is 0 Å². The van der Waals surface area contributed by atoms with E-state index in [0.717, 1.165) is 0 Å². The number of sulfonamides is 1. The van der Waals surface area contributed by atoms with Gasteiger partial charge in [-0.15, -0.1) is 0 Å². The van der Waals surface area contributed by atoms with Gasteiger partial charge in [-0.2, -0.15) is 5.26 Å². The lowest BCUT2D eigenvalue weighted by Crippen LogP contribution is -2.14. The monoisotopic (exact) mass is 371 g/mol. The van der Waals surface area contributed by atoms with Crippen LogP contribution < -0.4 is 4.72 Å². The predicted molar refractivity (Wildman–Crippen MR) is 78.9 cm³/mol. The van der Waals surface area contributed by atoms with Crippen molar-refractivity contribution in [1.82, 2.24) is 4.98 Å². The molecule has 2 rings (SSSR count). The third-order valence-electron chi connectivity index (χ3n) is 2.39. The summed E-state index contributed by atoms with van der Waals surface area (Å²) in [5.74, 6) is 0. The molecule has 0 unspecified atom stereocenters. The Kier molecular flexibility index (Phi) is 4.28. The molecule has 8 heteroatoms. The molecular weight excluding hydrogens is 366 g/mol. The van der Waals surface area contributed by atoms with Gasteiger partial charge in [0, 0.05) is 12.4 Å². The van der Waals surface area contributed by atoms with Crippen molar-refractivity contribution in [3.8, 4) is 6.07 Å². The van der Waals surface area contributed by atoms with Gasteiger partial charge in [-0.3, -0.25) is 9.71 Å². The Morgan fingerprint density at radius 3 is 2.80 bits per heavy atom. The molecule has 5 nitrogen and oxygen atoms in total. The second-order valence-electron chi connectivity index (χ2n) is 3.69. The molecule has 0 amide bonds. The third-order valence-corrected chi connectivity index (χ3v) is 5.46. The first-order valence-corrected chi connectivity index (χ1v) is 7.92. The van der Waals surface area contributed by atoms with Gasteiger partial charge >= 0.3 is 0 Å². The summed E-state index contributed by atoms with van der Waals surface area (Å²) in [5.41, 5.74) is 0.295. The molecule has 0 aliphatic heterocycles. The largest absolute Gasteiger partial charge is 0.278 e. The van der Waals surface area contributed by atoms with E-state index in [0.29, 0.717) is 0 Å². The van der Waals surface area contributed by atoms with Crippen LogP contribution in [0.1, 0.15) is 5.56 Å². The molecule has 102 valence electrons. The number of hydrogen-bond acceptors (Lipinski definition) is 4. The number of halogens is 2. The zero-order valence-corrected chi connectivity index (χ0v) is 13.0. The van der Waals surface area contributed by atoms with E-state index >= 15 is 0 Å². The minimum atomic E-state index is -3.86. The summed E-state index contributed by atoms with van der Waals surface area (Å²) in [7, 11) is -3.86. The van der Waals surface area contributed by atoms with E-state index in [1.807, 2.05) is 6.07 Å². The van der Waals surface area contributed by atoms with Crippen LogP contribution in [-0.4, -0.2) is 13.4 Å². The summed E-state index contributed by atoms with van der Waals surface area (Å²) in [6.45, 7) is 0. The van der Waals surface area contributed by atoms with Gasteiger partial charge in [0.25, 0.3) is 10.0 Å². The number of rotatable bonds is 3. The minimum Gasteiger partial charge on any atom is -0.278 e. The molecule has 1 N–H and O–H groups in total. The highest BCUT2D eigenvalue weighted by molar-refractivity contribution is 9.10. The van der Waals surface area contributed by atoms with Crippen molar-refractivity contribution >= 4 is 43.2 Å². The highest BCUT2D eigenvalue weighted by Crippen LogP contribution is 2.30. The van der Waals surface area contributed by atoms with Gasteiger partial charge in [-0.1, -0.05) is 17.7 Å². The van der Waals surface area contributed by atoms with E-state index in [1.165, 1.54) is 30.6 Å². The average Bonchev–Trinajstić information content (AvgIpc) is 2.42. The van der Waals surface area contributed by atoms with Gasteiger partial charge in [0.2, 0.25) is 0 Å². The molecule has 1 heterocycles. The van der Waals surface area contributed by atoms with Gasteiger partial charge in [0.05, 0.1) is 20.7 Å². The summed E-state index contributed by atoms with van der Waals surface area (Å²) >= 11 is 9.02. The van der Waals surface area contributed by atoms with Crippen molar-refractivity contribution in [2.75, 3.05) is 4.72 Å². The van der Waals surface area contributed by atoms with Crippen LogP contribution in [0.3, 0.4) is 0 Å². The van der Waals surface area contributed by atoms with Gasteiger partial charge in [-0.05, 0) is 34.1 Å². The second kappa shape index (κ2) is 5.79. The van der Waals surface area contributed by atoms with Crippen molar-refractivity contribution in [2.24, 2.45) is 0 Å². The fourth-order valence-electron chi connectivity index (χ4n) is 1.46. The molecule has 1 aromatic carbocycles. The zero-order chi connectivity index (χ0) is 14.8. The smallest absolute Gasteiger partial charge is 0.263 e. The molecule has 0 atom stereocenters. The second-order valence-corrected chi connectivity index (χ2v) is 6.54. The molecule has 0 bridgehead atoms. The van der Waals surface area contributed by atoms with Crippen molar-refractivity contribution in [1.29, 1.82) is 5.26 Å². The number of benzene rings is 1. The molecule has 20 heavy (non-hydrogen) atoms. The van der Waals surface area contributed by atoms with Gasteiger partial charge in [-0.25, -0.2) is 8.42 Å². The van der Waals surface area contributed by atoms with Crippen molar-refractivity contribution in [2.45, 2.75) is 4.90 Å². The quantitative estimate of drug-likeness (QED) is 0.897. The van der Waals surface area contributed by atoms with Crippen LogP contribution in [0.5, 0.6) is 0 Å². The van der Waals surface area contributed by atoms with E-state index in [2.05, 4.69) is 25.6 Å². The van der Waals surface area contributed by atoms with Crippen molar-refractivity contribution in [3.63, 3.8) is 0 Å².